The van der Waals surface area contributed by atoms with E-state index in [1.807, 2.05) is 6.92 Å². The number of ether oxygens (including phenoxy) is 1. The van der Waals surface area contributed by atoms with Crippen LogP contribution in [-0.4, -0.2) is 14.9 Å². The van der Waals surface area contributed by atoms with Gasteiger partial charge in [0.1, 0.15) is 0 Å². The highest BCUT2D eigenvalue weighted by atomic mass is 28.4. The summed E-state index contributed by atoms with van der Waals surface area (Å²) in [6, 6.07) is 0. The average molecular weight is 216 g/mol. The Morgan fingerprint density at radius 1 is 1.21 bits per heavy atom. The van der Waals surface area contributed by atoms with Gasteiger partial charge < -0.3 is 9.16 Å². The standard InChI is InChI=1S/C11H24O2Si/c1-6-8-9-10-11(12-7-2)13-14(3,4)5/h10H,6-9H2,1-5H3/b11-10+. The Labute approximate surface area is 89.4 Å². The zero-order chi connectivity index (χ0) is 11.0. The predicted octanol–water partition coefficient (Wildman–Crippen LogP) is 3.91. The lowest BCUT2D eigenvalue weighted by molar-refractivity contribution is 0.111. The summed E-state index contributed by atoms with van der Waals surface area (Å²) in [5.41, 5.74) is 0. The maximum absolute atomic E-state index is 5.80. The topological polar surface area (TPSA) is 18.5 Å². The molecule has 0 rings (SSSR count). The summed E-state index contributed by atoms with van der Waals surface area (Å²) < 4.78 is 11.2. The second-order valence-corrected chi connectivity index (χ2v) is 8.74. The van der Waals surface area contributed by atoms with Crippen LogP contribution in [0.15, 0.2) is 12.0 Å². The van der Waals surface area contributed by atoms with Crippen molar-refractivity contribution in [1.82, 2.24) is 0 Å². The molecule has 0 fully saturated rings. The molecule has 0 aliphatic rings. The van der Waals surface area contributed by atoms with Gasteiger partial charge in [-0.3, -0.25) is 0 Å². The molecular formula is C11H24O2Si. The van der Waals surface area contributed by atoms with Crippen LogP contribution < -0.4 is 0 Å². The Hall–Kier alpha value is -0.443. The molecule has 0 aliphatic carbocycles. The number of hydrogen-bond donors (Lipinski definition) is 0. The second-order valence-electron chi connectivity index (χ2n) is 4.31. The minimum Gasteiger partial charge on any atom is -0.520 e. The first-order chi connectivity index (χ1) is 6.49. The van der Waals surface area contributed by atoms with Crippen LogP contribution in [-0.2, 0) is 9.16 Å². The lowest BCUT2D eigenvalue weighted by Gasteiger charge is -2.21. The molecule has 0 saturated carbocycles. The van der Waals surface area contributed by atoms with Crippen LogP contribution in [0.2, 0.25) is 19.6 Å². The van der Waals surface area contributed by atoms with E-state index in [2.05, 4.69) is 32.6 Å². The fraction of sp³-hybridized carbons (Fsp3) is 0.818. The maximum atomic E-state index is 5.80. The van der Waals surface area contributed by atoms with E-state index in [4.69, 9.17) is 9.16 Å². The number of hydrogen-bond acceptors (Lipinski definition) is 2. The molecule has 0 aromatic rings. The lowest BCUT2D eigenvalue weighted by atomic mass is 10.2. The zero-order valence-corrected chi connectivity index (χ0v) is 11.2. The van der Waals surface area contributed by atoms with Gasteiger partial charge in [-0.1, -0.05) is 13.3 Å². The molecule has 0 bridgehead atoms. The zero-order valence-electron chi connectivity index (χ0n) is 10.2. The van der Waals surface area contributed by atoms with E-state index in [-0.39, 0.29) is 0 Å². The maximum Gasteiger partial charge on any atom is 0.261 e. The Morgan fingerprint density at radius 3 is 2.29 bits per heavy atom. The Kier molecular flexibility index (Phi) is 6.71. The van der Waals surface area contributed by atoms with Gasteiger partial charge >= 0.3 is 0 Å². The van der Waals surface area contributed by atoms with Crippen molar-refractivity contribution in [2.45, 2.75) is 52.8 Å². The van der Waals surface area contributed by atoms with Gasteiger partial charge in [-0.15, -0.1) is 0 Å². The molecule has 0 atom stereocenters. The van der Waals surface area contributed by atoms with Crippen LogP contribution >= 0.6 is 0 Å². The predicted molar refractivity (Wildman–Crippen MR) is 63.7 cm³/mol. The number of unbranched alkanes of at least 4 members (excludes halogenated alkanes) is 2. The van der Waals surface area contributed by atoms with E-state index in [9.17, 15) is 0 Å². The minimum absolute atomic E-state index is 0.683. The van der Waals surface area contributed by atoms with Crippen molar-refractivity contribution in [3.05, 3.63) is 12.0 Å². The lowest BCUT2D eigenvalue weighted by Crippen LogP contribution is -2.25. The summed E-state index contributed by atoms with van der Waals surface area (Å²) in [6.45, 7) is 11.4. The van der Waals surface area contributed by atoms with Gasteiger partial charge in [0, 0.05) is 0 Å². The van der Waals surface area contributed by atoms with Crippen LogP contribution in [0.25, 0.3) is 0 Å². The molecule has 0 heterocycles. The van der Waals surface area contributed by atoms with E-state index in [0.717, 1.165) is 12.4 Å². The average Bonchev–Trinajstić information content (AvgIpc) is 2.02. The molecule has 0 aromatic carbocycles. The Bertz CT molecular complexity index is 171. The van der Waals surface area contributed by atoms with Crippen molar-refractivity contribution in [1.29, 1.82) is 0 Å². The number of rotatable bonds is 7. The fourth-order valence-electron chi connectivity index (χ4n) is 0.998. The van der Waals surface area contributed by atoms with Gasteiger partial charge in [-0.2, -0.15) is 0 Å². The van der Waals surface area contributed by atoms with E-state index in [1.54, 1.807) is 0 Å². The van der Waals surface area contributed by atoms with Gasteiger partial charge in [-0.05, 0) is 45.5 Å². The SMILES string of the molecule is CCCC/C=C(\OCC)O[Si](C)(C)C. The molecule has 14 heavy (non-hydrogen) atoms. The minimum atomic E-state index is -1.51. The molecule has 0 unspecified atom stereocenters. The largest absolute Gasteiger partial charge is 0.520 e. The third kappa shape index (κ3) is 8.17. The molecular weight excluding hydrogens is 192 g/mol. The summed E-state index contributed by atoms with van der Waals surface area (Å²) >= 11 is 0. The van der Waals surface area contributed by atoms with Crippen LogP contribution in [0, 0.1) is 0 Å². The van der Waals surface area contributed by atoms with Crippen LogP contribution in [0.1, 0.15) is 33.1 Å². The normalized spacial score (nSPS) is 12.8. The third-order valence-corrected chi connectivity index (χ3v) is 2.38. The van der Waals surface area contributed by atoms with Gasteiger partial charge in [0.15, 0.2) is 0 Å². The van der Waals surface area contributed by atoms with Gasteiger partial charge in [0.05, 0.1) is 6.61 Å². The van der Waals surface area contributed by atoms with Crippen molar-refractivity contribution in [3.63, 3.8) is 0 Å². The first-order valence-corrected chi connectivity index (χ1v) is 8.92. The molecule has 0 saturated heterocycles. The van der Waals surface area contributed by atoms with Crippen molar-refractivity contribution in [3.8, 4) is 0 Å². The van der Waals surface area contributed by atoms with Crippen molar-refractivity contribution in [2.75, 3.05) is 6.61 Å². The fourth-order valence-corrected chi connectivity index (χ4v) is 1.74. The van der Waals surface area contributed by atoms with Gasteiger partial charge in [0.25, 0.3) is 5.95 Å². The summed E-state index contributed by atoms with van der Waals surface area (Å²) in [5, 5.41) is 0. The monoisotopic (exact) mass is 216 g/mol. The molecule has 0 amide bonds. The van der Waals surface area contributed by atoms with Crippen LogP contribution in [0.4, 0.5) is 0 Å². The summed E-state index contributed by atoms with van der Waals surface area (Å²) in [7, 11) is -1.51. The molecule has 0 N–H and O–H groups in total. The van der Waals surface area contributed by atoms with Crippen molar-refractivity contribution in [2.24, 2.45) is 0 Å². The molecule has 0 aliphatic heterocycles. The van der Waals surface area contributed by atoms with E-state index in [0.29, 0.717) is 6.61 Å². The molecule has 0 radical (unpaired) electrons. The molecule has 0 spiro atoms. The van der Waals surface area contributed by atoms with Crippen LogP contribution in [0.3, 0.4) is 0 Å². The van der Waals surface area contributed by atoms with Gasteiger partial charge in [-0.25, -0.2) is 0 Å². The van der Waals surface area contributed by atoms with Crippen LogP contribution in [0.5, 0.6) is 0 Å². The summed E-state index contributed by atoms with van der Waals surface area (Å²) in [4.78, 5) is 0. The van der Waals surface area contributed by atoms with E-state index < -0.39 is 8.32 Å². The number of allylic oxidation sites excluding steroid dienone is 1. The Balaban J connectivity index is 4.06. The highest BCUT2D eigenvalue weighted by Crippen LogP contribution is 2.13. The summed E-state index contributed by atoms with van der Waals surface area (Å²) in [6.07, 6.45) is 5.54. The highest BCUT2D eigenvalue weighted by molar-refractivity contribution is 6.69. The van der Waals surface area contributed by atoms with Crippen molar-refractivity contribution < 1.29 is 9.16 Å². The quantitative estimate of drug-likeness (QED) is 0.365. The van der Waals surface area contributed by atoms with E-state index in [1.165, 1.54) is 12.8 Å². The second kappa shape index (κ2) is 6.93. The first-order valence-electron chi connectivity index (χ1n) is 5.51. The Morgan fingerprint density at radius 2 is 1.86 bits per heavy atom. The first kappa shape index (κ1) is 13.6. The summed E-state index contributed by atoms with van der Waals surface area (Å²) in [5.74, 6) is 0.736. The van der Waals surface area contributed by atoms with Gasteiger partial charge in [0.2, 0.25) is 8.32 Å². The smallest absolute Gasteiger partial charge is 0.261 e. The molecule has 3 heteroatoms. The third-order valence-electron chi connectivity index (χ3n) is 1.56. The van der Waals surface area contributed by atoms with Crippen molar-refractivity contribution >= 4 is 8.32 Å². The molecule has 0 aromatic heterocycles. The molecule has 84 valence electrons. The van der Waals surface area contributed by atoms with E-state index >= 15 is 0 Å². The highest BCUT2D eigenvalue weighted by Gasteiger charge is 2.18. The molecule has 2 nitrogen and oxygen atoms in total.